The third-order valence-electron chi connectivity index (χ3n) is 6.40. The lowest BCUT2D eigenvalue weighted by molar-refractivity contribution is -0.146. The number of terminal acetylenes is 1. The summed E-state index contributed by atoms with van der Waals surface area (Å²) in [5.74, 6) is 0.288. The van der Waals surface area contributed by atoms with Crippen molar-refractivity contribution in [2.75, 3.05) is 19.7 Å². The Labute approximate surface area is 192 Å². The van der Waals surface area contributed by atoms with Gasteiger partial charge in [-0.3, -0.25) is 9.59 Å². The molecule has 0 bridgehead atoms. The molecular formula is C26H26N2O5. The van der Waals surface area contributed by atoms with Gasteiger partial charge >= 0.3 is 12.1 Å². The number of carbonyl (C=O) groups is 3. The van der Waals surface area contributed by atoms with Gasteiger partial charge in [0, 0.05) is 12.0 Å². The van der Waals surface area contributed by atoms with Crippen molar-refractivity contribution in [1.29, 1.82) is 0 Å². The van der Waals surface area contributed by atoms with Crippen LogP contribution < -0.4 is 5.32 Å². The molecule has 2 aromatic rings. The first-order chi connectivity index (χ1) is 16.0. The topological polar surface area (TPSA) is 95.9 Å². The summed E-state index contributed by atoms with van der Waals surface area (Å²) in [7, 11) is 0. The summed E-state index contributed by atoms with van der Waals surface area (Å²) in [6.45, 7) is -0.357. The minimum absolute atomic E-state index is 0.0501. The van der Waals surface area contributed by atoms with Gasteiger partial charge in [-0.25, -0.2) is 4.79 Å². The number of carbonyl (C=O) groups excluding carboxylic acids is 2. The summed E-state index contributed by atoms with van der Waals surface area (Å²) in [6.07, 6.45) is 6.65. The maximum Gasteiger partial charge on any atom is 0.407 e. The van der Waals surface area contributed by atoms with Crippen LogP contribution in [0.2, 0.25) is 0 Å². The number of ether oxygens (including phenoxy) is 1. The van der Waals surface area contributed by atoms with Crippen molar-refractivity contribution in [3.63, 3.8) is 0 Å². The first-order valence-corrected chi connectivity index (χ1v) is 11.0. The highest BCUT2D eigenvalue weighted by molar-refractivity contribution is 5.85. The van der Waals surface area contributed by atoms with Gasteiger partial charge in [0.1, 0.15) is 13.2 Å². The van der Waals surface area contributed by atoms with E-state index in [1.54, 1.807) is 0 Å². The number of nitrogens with zero attached hydrogens (tertiary/aromatic N) is 1. The Morgan fingerprint density at radius 3 is 2.30 bits per heavy atom. The van der Waals surface area contributed by atoms with Crippen LogP contribution in [0.15, 0.2) is 48.5 Å². The van der Waals surface area contributed by atoms with Crippen molar-refractivity contribution in [3.8, 4) is 23.5 Å². The molecule has 2 unspecified atom stereocenters. The lowest BCUT2D eigenvalue weighted by Crippen LogP contribution is -2.47. The third-order valence-corrected chi connectivity index (χ3v) is 6.40. The van der Waals surface area contributed by atoms with E-state index in [0.29, 0.717) is 12.8 Å². The van der Waals surface area contributed by atoms with Crippen molar-refractivity contribution in [2.45, 2.75) is 31.2 Å². The van der Waals surface area contributed by atoms with Crippen molar-refractivity contribution >= 4 is 18.0 Å². The maximum absolute atomic E-state index is 12.9. The molecule has 0 aliphatic heterocycles. The number of carboxylic acids is 1. The zero-order valence-electron chi connectivity index (χ0n) is 18.2. The van der Waals surface area contributed by atoms with E-state index in [0.717, 1.165) is 33.6 Å². The molecule has 0 saturated heterocycles. The number of benzene rings is 2. The van der Waals surface area contributed by atoms with Crippen LogP contribution in [0.1, 0.15) is 36.3 Å². The second kappa shape index (κ2) is 9.78. The second-order valence-corrected chi connectivity index (χ2v) is 8.41. The molecule has 0 heterocycles. The van der Waals surface area contributed by atoms with E-state index < -0.39 is 30.6 Å². The van der Waals surface area contributed by atoms with Crippen molar-refractivity contribution in [1.82, 2.24) is 10.2 Å². The van der Waals surface area contributed by atoms with Gasteiger partial charge in [0.2, 0.25) is 5.91 Å². The molecule has 7 nitrogen and oxygen atoms in total. The molecule has 4 rings (SSSR count). The number of alkyl carbamates (subject to hydrolysis) is 1. The molecule has 7 heteroatoms. The van der Waals surface area contributed by atoms with Gasteiger partial charge in [0.15, 0.2) is 0 Å². The van der Waals surface area contributed by atoms with Gasteiger partial charge in [-0.15, -0.1) is 6.42 Å². The molecule has 0 radical (unpaired) electrons. The van der Waals surface area contributed by atoms with Crippen LogP contribution >= 0.6 is 0 Å². The molecule has 0 aromatic heterocycles. The monoisotopic (exact) mass is 446 g/mol. The quantitative estimate of drug-likeness (QED) is 0.637. The highest BCUT2D eigenvalue weighted by Gasteiger charge is 2.37. The Hall–Kier alpha value is -3.79. The van der Waals surface area contributed by atoms with Crippen molar-refractivity contribution in [2.24, 2.45) is 5.92 Å². The Kier molecular flexibility index (Phi) is 6.64. The molecule has 2 aliphatic carbocycles. The normalized spacial score (nSPS) is 18.6. The summed E-state index contributed by atoms with van der Waals surface area (Å²) < 4.78 is 5.60. The van der Waals surface area contributed by atoms with E-state index in [2.05, 4.69) is 35.5 Å². The summed E-state index contributed by atoms with van der Waals surface area (Å²) in [4.78, 5) is 37.8. The van der Waals surface area contributed by atoms with Crippen molar-refractivity contribution in [3.05, 3.63) is 59.7 Å². The number of aliphatic carboxylic acids is 1. The number of hydrogen-bond acceptors (Lipinski definition) is 4. The van der Waals surface area contributed by atoms with Crippen LogP contribution in [-0.4, -0.2) is 53.7 Å². The van der Waals surface area contributed by atoms with Gasteiger partial charge in [-0.1, -0.05) is 60.9 Å². The molecule has 170 valence electrons. The molecule has 2 aliphatic rings. The maximum atomic E-state index is 12.9. The predicted octanol–water partition coefficient (Wildman–Crippen LogP) is 3.24. The van der Waals surface area contributed by atoms with Gasteiger partial charge in [-0.05, 0) is 35.1 Å². The summed E-state index contributed by atoms with van der Waals surface area (Å²) in [5.41, 5.74) is 4.55. The largest absolute Gasteiger partial charge is 0.480 e. The molecule has 2 N–H and O–H groups in total. The smallest absolute Gasteiger partial charge is 0.407 e. The molecule has 0 spiro atoms. The minimum Gasteiger partial charge on any atom is -0.480 e. The highest BCUT2D eigenvalue weighted by atomic mass is 16.5. The molecule has 2 atom stereocenters. The molecule has 33 heavy (non-hydrogen) atoms. The molecule has 2 amide bonds. The average Bonchev–Trinajstić information content (AvgIpc) is 3.39. The van der Waals surface area contributed by atoms with Crippen LogP contribution in [-0.2, 0) is 14.3 Å². The fourth-order valence-corrected chi connectivity index (χ4v) is 4.94. The van der Waals surface area contributed by atoms with E-state index in [9.17, 15) is 14.4 Å². The zero-order chi connectivity index (χ0) is 23.4. The second-order valence-electron chi connectivity index (χ2n) is 8.41. The Bertz CT molecular complexity index is 1060. The first kappa shape index (κ1) is 22.4. The Morgan fingerprint density at radius 2 is 1.70 bits per heavy atom. The number of carboxylic acid groups (broad SMARTS) is 1. The first-order valence-electron chi connectivity index (χ1n) is 11.0. The van der Waals surface area contributed by atoms with Crippen LogP contribution in [0.25, 0.3) is 11.1 Å². The number of nitrogens with one attached hydrogen (secondary N) is 1. The Balaban J connectivity index is 1.39. The van der Waals surface area contributed by atoms with E-state index in [-0.39, 0.29) is 25.0 Å². The summed E-state index contributed by atoms with van der Waals surface area (Å²) in [6, 6.07) is 15.8. The molecule has 1 fully saturated rings. The average molecular weight is 447 g/mol. The predicted molar refractivity (Wildman–Crippen MR) is 122 cm³/mol. The highest BCUT2D eigenvalue weighted by Crippen LogP contribution is 2.44. The summed E-state index contributed by atoms with van der Waals surface area (Å²) >= 11 is 0. The molecule has 2 aromatic carbocycles. The molecular weight excluding hydrogens is 420 g/mol. The number of amides is 2. The lowest BCUT2D eigenvalue weighted by atomic mass is 9.98. The van der Waals surface area contributed by atoms with E-state index in [1.165, 1.54) is 0 Å². The third kappa shape index (κ3) is 4.70. The van der Waals surface area contributed by atoms with Crippen LogP contribution in [0.3, 0.4) is 0 Å². The van der Waals surface area contributed by atoms with E-state index >= 15 is 0 Å². The molecule has 1 saturated carbocycles. The standard InChI is InChI=1S/C26H26N2O5/c1-2-14-28(15-24(29)30)25(31)21-12-7-13-23(21)27-26(32)33-16-22-19-10-5-3-8-17(19)18-9-4-6-11-20(18)22/h1,3-6,8-11,21-23H,7,12-16H2,(H,27,32)(H,29,30). The fourth-order valence-electron chi connectivity index (χ4n) is 4.94. The minimum atomic E-state index is -1.13. The lowest BCUT2D eigenvalue weighted by Gasteiger charge is -2.26. The van der Waals surface area contributed by atoms with Crippen LogP contribution in [0, 0.1) is 18.3 Å². The number of rotatable bonds is 7. The van der Waals surface area contributed by atoms with Crippen molar-refractivity contribution < 1.29 is 24.2 Å². The van der Waals surface area contributed by atoms with Crippen LogP contribution in [0.4, 0.5) is 4.79 Å². The SMILES string of the molecule is C#CCN(CC(=O)O)C(=O)C1CCCC1NC(=O)OCC1c2ccccc2-c2ccccc21. The summed E-state index contributed by atoms with van der Waals surface area (Å²) in [5, 5.41) is 11.9. The van der Waals surface area contributed by atoms with Gasteiger partial charge < -0.3 is 20.1 Å². The number of fused-ring (bicyclic) bond motifs is 3. The zero-order valence-corrected chi connectivity index (χ0v) is 18.2. The Morgan fingerprint density at radius 1 is 1.06 bits per heavy atom. The number of hydrogen-bond donors (Lipinski definition) is 2. The van der Waals surface area contributed by atoms with Gasteiger partial charge in [-0.2, -0.15) is 0 Å². The fraction of sp³-hybridized carbons (Fsp3) is 0.346. The van der Waals surface area contributed by atoms with Crippen LogP contribution in [0.5, 0.6) is 0 Å². The van der Waals surface area contributed by atoms with Gasteiger partial charge in [0.05, 0.1) is 12.5 Å². The van der Waals surface area contributed by atoms with E-state index in [4.69, 9.17) is 16.3 Å². The van der Waals surface area contributed by atoms with Gasteiger partial charge in [0.25, 0.3) is 0 Å². The van der Waals surface area contributed by atoms with E-state index in [1.807, 2.05) is 24.3 Å².